The molecule has 0 aliphatic carbocycles. The second-order valence-corrected chi connectivity index (χ2v) is 7.09. The zero-order chi connectivity index (χ0) is 16.8. The van der Waals surface area contributed by atoms with E-state index in [0.717, 1.165) is 28.2 Å². The van der Waals surface area contributed by atoms with E-state index < -0.39 is 0 Å². The second kappa shape index (κ2) is 5.83. The molecule has 0 fully saturated rings. The van der Waals surface area contributed by atoms with Crippen molar-refractivity contribution in [1.29, 1.82) is 0 Å². The lowest BCUT2D eigenvalue weighted by atomic mass is 10.0. The van der Waals surface area contributed by atoms with Crippen LogP contribution in [0.4, 0.5) is 0 Å². The molecule has 3 nitrogen and oxygen atoms in total. The van der Waals surface area contributed by atoms with Crippen molar-refractivity contribution in [2.75, 3.05) is 6.54 Å². The summed E-state index contributed by atoms with van der Waals surface area (Å²) >= 11 is 12.2. The van der Waals surface area contributed by atoms with Crippen LogP contribution < -0.4 is 0 Å². The number of nitrogens with one attached hydrogen (secondary N) is 1. The number of carbonyl (C=O) groups excluding carboxylic acids is 1. The highest BCUT2D eigenvalue weighted by Crippen LogP contribution is 2.32. The fraction of sp³-hybridized carbons (Fsp3) is 0.211. The standard InChI is InChI=1S/C19H16Cl2N2O/c1-11-7-14(21)9-16-15-5-6-23(10-17(15)22-18(11)16)19(24)12-3-2-4-13(20)8-12/h2-4,7-9,22H,5-6,10H2,1H3. The van der Waals surface area contributed by atoms with Gasteiger partial charge in [0.25, 0.3) is 5.91 Å². The molecule has 0 atom stereocenters. The third kappa shape index (κ3) is 2.58. The number of aromatic nitrogens is 1. The van der Waals surface area contributed by atoms with E-state index >= 15 is 0 Å². The van der Waals surface area contributed by atoms with E-state index in [9.17, 15) is 4.79 Å². The van der Waals surface area contributed by atoms with Crippen molar-refractivity contribution in [2.45, 2.75) is 19.9 Å². The number of H-pyrrole nitrogens is 1. The molecule has 0 saturated heterocycles. The van der Waals surface area contributed by atoms with Crippen LogP contribution in [0, 0.1) is 6.92 Å². The van der Waals surface area contributed by atoms with Gasteiger partial charge in [-0.2, -0.15) is 0 Å². The summed E-state index contributed by atoms with van der Waals surface area (Å²) in [4.78, 5) is 18.1. The quantitative estimate of drug-likeness (QED) is 0.653. The lowest BCUT2D eigenvalue weighted by molar-refractivity contribution is 0.0733. The number of amides is 1. The normalized spacial score (nSPS) is 14.0. The summed E-state index contributed by atoms with van der Waals surface area (Å²) in [6.45, 7) is 3.31. The molecule has 5 heteroatoms. The molecule has 1 aliphatic rings. The summed E-state index contributed by atoms with van der Waals surface area (Å²) in [6, 6.07) is 11.1. The van der Waals surface area contributed by atoms with E-state index in [1.807, 2.05) is 24.0 Å². The Kier molecular flexibility index (Phi) is 3.78. The van der Waals surface area contributed by atoms with E-state index in [-0.39, 0.29) is 5.91 Å². The van der Waals surface area contributed by atoms with Crippen LogP contribution in [0.3, 0.4) is 0 Å². The fourth-order valence-electron chi connectivity index (χ4n) is 3.45. The zero-order valence-corrected chi connectivity index (χ0v) is 14.7. The van der Waals surface area contributed by atoms with Crippen LogP contribution in [0.1, 0.15) is 27.2 Å². The van der Waals surface area contributed by atoms with Crippen molar-refractivity contribution in [2.24, 2.45) is 0 Å². The molecule has 0 spiro atoms. The number of fused-ring (bicyclic) bond motifs is 3. The van der Waals surface area contributed by atoms with Crippen molar-refractivity contribution < 1.29 is 4.79 Å². The molecule has 2 aromatic carbocycles. The molecule has 2 heterocycles. The van der Waals surface area contributed by atoms with Crippen LogP contribution in [0.25, 0.3) is 10.9 Å². The molecule has 1 N–H and O–H groups in total. The predicted octanol–water partition coefficient (Wildman–Crippen LogP) is 4.98. The molecule has 1 aliphatic heterocycles. The molecule has 0 bridgehead atoms. The van der Waals surface area contributed by atoms with E-state index in [4.69, 9.17) is 23.2 Å². The van der Waals surface area contributed by atoms with Crippen molar-refractivity contribution in [3.05, 3.63) is 68.8 Å². The van der Waals surface area contributed by atoms with Gasteiger partial charge in [-0.05, 0) is 54.8 Å². The van der Waals surface area contributed by atoms with Gasteiger partial charge in [0.05, 0.1) is 6.54 Å². The van der Waals surface area contributed by atoms with Gasteiger partial charge in [0.15, 0.2) is 0 Å². The number of benzene rings is 2. The lowest BCUT2D eigenvalue weighted by Gasteiger charge is -2.27. The molecular weight excluding hydrogens is 343 g/mol. The van der Waals surface area contributed by atoms with Crippen LogP contribution in [0.2, 0.25) is 10.0 Å². The minimum atomic E-state index is 0.0107. The van der Waals surface area contributed by atoms with Crippen LogP contribution in [0.5, 0.6) is 0 Å². The third-order valence-electron chi connectivity index (χ3n) is 4.61. The fourth-order valence-corrected chi connectivity index (χ4v) is 3.91. The van der Waals surface area contributed by atoms with Crippen LogP contribution in [0.15, 0.2) is 36.4 Å². The Morgan fingerprint density at radius 3 is 2.79 bits per heavy atom. The highest BCUT2D eigenvalue weighted by molar-refractivity contribution is 6.31. The first-order valence-corrected chi connectivity index (χ1v) is 8.63. The van der Waals surface area contributed by atoms with E-state index in [2.05, 4.69) is 4.98 Å². The van der Waals surface area contributed by atoms with Gasteiger partial charge >= 0.3 is 0 Å². The Balaban J connectivity index is 1.69. The molecule has 122 valence electrons. The summed E-state index contributed by atoms with van der Waals surface area (Å²) in [7, 11) is 0. The van der Waals surface area contributed by atoms with Gasteiger partial charge in [-0.25, -0.2) is 0 Å². The summed E-state index contributed by atoms with van der Waals surface area (Å²) < 4.78 is 0. The maximum absolute atomic E-state index is 12.7. The Bertz CT molecular complexity index is 961. The van der Waals surface area contributed by atoms with Gasteiger partial charge in [0.2, 0.25) is 0 Å². The molecule has 24 heavy (non-hydrogen) atoms. The molecular formula is C19H16Cl2N2O. The summed E-state index contributed by atoms with van der Waals surface area (Å²) in [5.74, 6) is 0.0107. The summed E-state index contributed by atoms with van der Waals surface area (Å²) in [6.07, 6.45) is 0.821. The highest BCUT2D eigenvalue weighted by atomic mass is 35.5. The van der Waals surface area contributed by atoms with Gasteiger partial charge in [-0.3, -0.25) is 4.79 Å². The number of carbonyl (C=O) groups is 1. The number of aryl methyl sites for hydroxylation is 1. The largest absolute Gasteiger partial charge is 0.356 e. The first kappa shape index (κ1) is 15.6. The topological polar surface area (TPSA) is 36.1 Å². The van der Waals surface area contributed by atoms with Crippen molar-refractivity contribution >= 4 is 40.0 Å². The molecule has 4 rings (SSSR count). The van der Waals surface area contributed by atoms with E-state index in [1.165, 1.54) is 10.9 Å². The molecule has 3 aromatic rings. The van der Waals surface area contributed by atoms with Crippen molar-refractivity contribution in [3.8, 4) is 0 Å². The van der Waals surface area contributed by atoms with Crippen LogP contribution in [-0.4, -0.2) is 22.3 Å². The number of hydrogen-bond acceptors (Lipinski definition) is 1. The molecule has 0 saturated carbocycles. The minimum absolute atomic E-state index is 0.0107. The van der Waals surface area contributed by atoms with Gasteiger partial charge in [0, 0.05) is 38.8 Å². The van der Waals surface area contributed by atoms with Gasteiger partial charge in [-0.1, -0.05) is 29.3 Å². The number of halogens is 2. The van der Waals surface area contributed by atoms with Gasteiger partial charge in [-0.15, -0.1) is 0 Å². The van der Waals surface area contributed by atoms with Crippen LogP contribution in [-0.2, 0) is 13.0 Å². The lowest BCUT2D eigenvalue weighted by Crippen LogP contribution is -2.35. The molecule has 0 radical (unpaired) electrons. The van der Waals surface area contributed by atoms with Crippen LogP contribution >= 0.6 is 23.2 Å². The van der Waals surface area contributed by atoms with E-state index in [1.54, 1.807) is 24.3 Å². The average molecular weight is 359 g/mol. The van der Waals surface area contributed by atoms with E-state index in [0.29, 0.717) is 23.7 Å². The monoisotopic (exact) mass is 358 g/mol. The Morgan fingerprint density at radius 1 is 1.17 bits per heavy atom. The molecule has 1 amide bonds. The average Bonchev–Trinajstić information content (AvgIpc) is 2.92. The maximum Gasteiger partial charge on any atom is 0.254 e. The van der Waals surface area contributed by atoms with Crippen molar-refractivity contribution in [1.82, 2.24) is 9.88 Å². The number of rotatable bonds is 1. The first-order valence-electron chi connectivity index (χ1n) is 7.87. The Morgan fingerprint density at radius 2 is 2.00 bits per heavy atom. The summed E-state index contributed by atoms with van der Waals surface area (Å²) in [5, 5.41) is 2.50. The number of nitrogens with zero attached hydrogens (tertiary/aromatic N) is 1. The summed E-state index contributed by atoms with van der Waals surface area (Å²) in [5.41, 5.74) is 5.23. The molecule has 1 aromatic heterocycles. The van der Waals surface area contributed by atoms with Crippen molar-refractivity contribution in [3.63, 3.8) is 0 Å². The van der Waals surface area contributed by atoms with Gasteiger partial charge < -0.3 is 9.88 Å². The maximum atomic E-state index is 12.7. The zero-order valence-electron chi connectivity index (χ0n) is 13.2. The highest BCUT2D eigenvalue weighted by Gasteiger charge is 2.25. The first-order chi connectivity index (χ1) is 11.5. The number of hydrogen-bond donors (Lipinski definition) is 1. The second-order valence-electron chi connectivity index (χ2n) is 6.21. The predicted molar refractivity (Wildman–Crippen MR) is 97.9 cm³/mol. The SMILES string of the molecule is Cc1cc(Cl)cc2c3c([nH]c12)CN(C(=O)c1cccc(Cl)c1)CC3. The minimum Gasteiger partial charge on any atom is -0.356 e. The smallest absolute Gasteiger partial charge is 0.254 e. The number of aromatic amines is 1. The third-order valence-corrected chi connectivity index (χ3v) is 5.06. The Labute approximate surface area is 150 Å². The molecule has 0 unspecified atom stereocenters. The Hall–Kier alpha value is -1.97. The van der Waals surface area contributed by atoms with Gasteiger partial charge in [0.1, 0.15) is 0 Å².